The van der Waals surface area contributed by atoms with Gasteiger partial charge in [0.15, 0.2) is 0 Å². The van der Waals surface area contributed by atoms with Crippen LogP contribution >= 0.6 is 11.3 Å². The second kappa shape index (κ2) is 6.87. The first-order chi connectivity index (χ1) is 12.6. The number of benzene rings is 1. The molecule has 0 aliphatic carbocycles. The summed E-state index contributed by atoms with van der Waals surface area (Å²) in [5.74, 6) is 0.0994. The smallest absolute Gasteiger partial charge is 0.328 e. The molecule has 26 heavy (non-hydrogen) atoms. The molecule has 0 bridgehead atoms. The number of aromatic nitrogens is 3. The lowest BCUT2D eigenvalue weighted by Gasteiger charge is -2.32. The second-order valence-corrected chi connectivity index (χ2v) is 7.50. The first-order valence-electron chi connectivity index (χ1n) is 8.53. The van der Waals surface area contributed by atoms with Gasteiger partial charge >= 0.3 is 5.69 Å². The molecule has 1 saturated heterocycles. The summed E-state index contributed by atoms with van der Waals surface area (Å²) in [5, 5.41) is 1.06. The maximum absolute atomic E-state index is 12.6. The van der Waals surface area contributed by atoms with E-state index in [1.54, 1.807) is 16.2 Å². The Balaban J connectivity index is 1.49. The summed E-state index contributed by atoms with van der Waals surface area (Å²) in [6.45, 7) is 1.22. The maximum atomic E-state index is 12.6. The minimum absolute atomic E-state index is 0.0673. The number of nitrogens with zero attached hydrogens (tertiary/aromatic N) is 3. The second-order valence-electron chi connectivity index (χ2n) is 6.44. The summed E-state index contributed by atoms with van der Waals surface area (Å²) >= 11 is 1.68. The third kappa shape index (κ3) is 3.32. The minimum Gasteiger partial charge on any atom is -0.340 e. The molecule has 3 heterocycles. The fourth-order valence-electron chi connectivity index (χ4n) is 3.28. The van der Waals surface area contributed by atoms with Gasteiger partial charge in [0.25, 0.3) is 5.56 Å². The van der Waals surface area contributed by atoms with E-state index in [9.17, 15) is 14.4 Å². The number of hydrogen-bond acceptors (Lipinski definition) is 5. The van der Waals surface area contributed by atoms with E-state index in [0.717, 1.165) is 28.1 Å². The summed E-state index contributed by atoms with van der Waals surface area (Å²) in [4.78, 5) is 44.2. The lowest BCUT2D eigenvalue weighted by Crippen LogP contribution is -2.42. The third-order valence-electron chi connectivity index (χ3n) is 4.64. The van der Waals surface area contributed by atoms with Crippen LogP contribution in [-0.4, -0.2) is 38.4 Å². The molecule has 1 aliphatic rings. The zero-order valence-corrected chi connectivity index (χ0v) is 14.9. The van der Waals surface area contributed by atoms with Gasteiger partial charge in [-0.2, -0.15) is 0 Å². The quantitative estimate of drug-likeness (QED) is 0.758. The average molecular weight is 370 g/mol. The predicted octanol–water partition coefficient (Wildman–Crippen LogP) is 1.55. The molecule has 1 aliphatic heterocycles. The molecule has 1 fully saturated rings. The van der Waals surface area contributed by atoms with Gasteiger partial charge < -0.3 is 4.90 Å². The van der Waals surface area contributed by atoms with E-state index in [0.29, 0.717) is 13.1 Å². The standard InChI is InChI=1S/C18H18N4O3S/c23-15-7-9-22(18(25)20-15)11-16(24)21-8-3-4-12(10-21)17-19-13-5-1-2-6-14(13)26-17/h1-2,5-7,9,12H,3-4,8,10-11H2,(H,20,23,25)/t12-/m0/s1. The first-order valence-corrected chi connectivity index (χ1v) is 9.35. The number of hydrogen-bond donors (Lipinski definition) is 1. The molecular formula is C18H18N4O3S. The molecule has 1 N–H and O–H groups in total. The largest absolute Gasteiger partial charge is 0.340 e. The van der Waals surface area contributed by atoms with Crippen molar-refractivity contribution < 1.29 is 4.79 Å². The monoisotopic (exact) mass is 370 g/mol. The van der Waals surface area contributed by atoms with Crippen molar-refractivity contribution in [3.05, 3.63) is 62.4 Å². The van der Waals surface area contributed by atoms with Crippen molar-refractivity contribution in [2.75, 3.05) is 13.1 Å². The zero-order chi connectivity index (χ0) is 18.1. The molecular weight excluding hydrogens is 352 g/mol. The van der Waals surface area contributed by atoms with Crippen molar-refractivity contribution in [1.29, 1.82) is 0 Å². The van der Waals surface area contributed by atoms with Crippen molar-refractivity contribution in [2.24, 2.45) is 0 Å². The first kappa shape index (κ1) is 16.7. The number of amides is 1. The van der Waals surface area contributed by atoms with Crippen molar-refractivity contribution >= 4 is 27.5 Å². The van der Waals surface area contributed by atoms with Gasteiger partial charge in [-0.1, -0.05) is 12.1 Å². The molecule has 0 radical (unpaired) electrons. The Morgan fingerprint density at radius 1 is 1.27 bits per heavy atom. The summed E-state index contributed by atoms with van der Waals surface area (Å²) < 4.78 is 2.39. The molecule has 0 spiro atoms. The summed E-state index contributed by atoms with van der Waals surface area (Å²) in [6, 6.07) is 9.29. The van der Waals surface area contributed by atoms with E-state index >= 15 is 0 Å². The van der Waals surface area contributed by atoms with Gasteiger partial charge in [-0.05, 0) is 25.0 Å². The van der Waals surface area contributed by atoms with Crippen molar-refractivity contribution in [3.8, 4) is 0 Å². The van der Waals surface area contributed by atoms with Crippen LogP contribution in [0.15, 0.2) is 46.1 Å². The molecule has 8 heteroatoms. The van der Waals surface area contributed by atoms with Crippen LogP contribution in [0.2, 0.25) is 0 Å². The van der Waals surface area contributed by atoms with E-state index in [-0.39, 0.29) is 18.4 Å². The van der Waals surface area contributed by atoms with Gasteiger partial charge in [0, 0.05) is 31.3 Å². The Morgan fingerprint density at radius 2 is 2.12 bits per heavy atom. The molecule has 1 amide bonds. The van der Waals surface area contributed by atoms with Gasteiger partial charge in [-0.25, -0.2) is 9.78 Å². The number of rotatable bonds is 3. The number of carbonyl (C=O) groups excluding carboxylic acids is 1. The number of thiazole rings is 1. The Labute approximate surface area is 152 Å². The number of likely N-dealkylation sites (tertiary alicyclic amines) is 1. The number of nitrogens with one attached hydrogen (secondary N) is 1. The van der Waals surface area contributed by atoms with Gasteiger partial charge in [0.1, 0.15) is 6.54 Å². The predicted molar refractivity (Wildman–Crippen MR) is 99.5 cm³/mol. The SMILES string of the molecule is O=C(Cn1ccc(=O)[nH]c1=O)N1CCC[C@H](c2nc3ccccc3s2)C1. The van der Waals surface area contributed by atoms with E-state index < -0.39 is 11.2 Å². The van der Waals surface area contributed by atoms with Crippen LogP contribution in [0.25, 0.3) is 10.2 Å². The fourth-order valence-corrected chi connectivity index (χ4v) is 4.38. The van der Waals surface area contributed by atoms with Crippen LogP contribution in [-0.2, 0) is 11.3 Å². The molecule has 1 aromatic carbocycles. The number of piperidine rings is 1. The number of fused-ring (bicyclic) bond motifs is 1. The number of carbonyl (C=O) groups is 1. The van der Waals surface area contributed by atoms with Gasteiger partial charge in [-0.15, -0.1) is 11.3 Å². The average Bonchev–Trinajstić information content (AvgIpc) is 3.08. The Bertz CT molecular complexity index is 1030. The van der Waals surface area contributed by atoms with Gasteiger partial charge in [-0.3, -0.25) is 19.1 Å². The summed E-state index contributed by atoms with van der Waals surface area (Å²) in [5.41, 5.74) is -0.0334. The molecule has 7 nitrogen and oxygen atoms in total. The minimum atomic E-state index is -0.564. The zero-order valence-electron chi connectivity index (χ0n) is 14.1. The van der Waals surface area contributed by atoms with Crippen molar-refractivity contribution in [2.45, 2.75) is 25.3 Å². The van der Waals surface area contributed by atoms with Crippen molar-refractivity contribution in [3.63, 3.8) is 0 Å². The highest BCUT2D eigenvalue weighted by molar-refractivity contribution is 7.18. The summed E-state index contributed by atoms with van der Waals surface area (Å²) in [7, 11) is 0. The highest BCUT2D eigenvalue weighted by Crippen LogP contribution is 2.32. The maximum Gasteiger partial charge on any atom is 0.328 e. The van der Waals surface area contributed by atoms with Crippen LogP contribution in [0.1, 0.15) is 23.8 Å². The molecule has 134 valence electrons. The molecule has 2 aromatic heterocycles. The van der Waals surface area contributed by atoms with Crippen LogP contribution in [0, 0.1) is 0 Å². The van der Waals surface area contributed by atoms with Crippen LogP contribution < -0.4 is 11.2 Å². The highest BCUT2D eigenvalue weighted by atomic mass is 32.1. The topological polar surface area (TPSA) is 88.1 Å². The van der Waals surface area contributed by atoms with Gasteiger partial charge in [0.2, 0.25) is 5.91 Å². The third-order valence-corrected chi connectivity index (χ3v) is 5.84. The lowest BCUT2D eigenvalue weighted by molar-refractivity contribution is -0.133. The van der Waals surface area contributed by atoms with Crippen molar-refractivity contribution in [1.82, 2.24) is 19.4 Å². The molecule has 4 rings (SSSR count). The van der Waals surface area contributed by atoms with Crippen LogP contribution in [0.4, 0.5) is 0 Å². The number of H-pyrrole nitrogens is 1. The molecule has 0 saturated carbocycles. The van der Waals surface area contributed by atoms with Crippen LogP contribution in [0.3, 0.4) is 0 Å². The summed E-state index contributed by atoms with van der Waals surface area (Å²) in [6.07, 6.45) is 3.27. The normalized spacial score (nSPS) is 17.5. The van der Waals surface area contributed by atoms with E-state index in [4.69, 9.17) is 4.98 Å². The number of para-hydroxylation sites is 1. The highest BCUT2D eigenvalue weighted by Gasteiger charge is 2.27. The van der Waals surface area contributed by atoms with E-state index in [2.05, 4.69) is 11.1 Å². The number of aromatic amines is 1. The van der Waals surface area contributed by atoms with E-state index in [1.807, 2.05) is 18.2 Å². The fraction of sp³-hybridized carbons (Fsp3) is 0.333. The molecule has 3 aromatic rings. The lowest BCUT2D eigenvalue weighted by atomic mass is 9.98. The van der Waals surface area contributed by atoms with Gasteiger partial charge in [0.05, 0.1) is 15.2 Å². The van der Waals surface area contributed by atoms with E-state index in [1.165, 1.54) is 16.8 Å². The molecule has 1 atom stereocenters. The van der Waals surface area contributed by atoms with Crippen LogP contribution in [0.5, 0.6) is 0 Å². The Kier molecular flexibility index (Phi) is 4.42. The molecule has 0 unspecified atom stereocenters. The Morgan fingerprint density at radius 3 is 2.92 bits per heavy atom. The Hall–Kier alpha value is -2.74.